The Hall–Kier alpha value is -1.85. The van der Waals surface area contributed by atoms with Gasteiger partial charge in [0.05, 0.1) is 6.54 Å². The molecule has 0 radical (unpaired) electrons. The molecule has 1 rings (SSSR count). The van der Waals surface area contributed by atoms with Crippen LogP contribution in [0.3, 0.4) is 0 Å². The molecular formula is C10H17N5O. The molecule has 1 amide bonds. The fourth-order valence-corrected chi connectivity index (χ4v) is 1.12. The number of nitrogens with one attached hydrogen (secondary N) is 1. The third-order valence-corrected chi connectivity index (χ3v) is 2.17. The number of carbonyl (C=O) groups excluding carboxylic acids is 1. The van der Waals surface area contributed by atoms with Crippen LogP contribution in [0.2, 0.25) is 0 Å². The summed E-state index contributed by atoms with van der Waals surface area (Å²) >= 11 is 0. The van der Waals surface area contributed by atoms with Crippen LogP contribution in [0.25, 0.3) is 0 Å². The fraction of sp³-hybridized carbons (Fsp3) is 0.500. The number of aromatic nitrogens is 2. The number of hydrogen-bond donors (Lipinski definition) is 1. The molecule has 0 aromatic carbocycles. The zero-order valence-corrected chi connectivity index (χ0v) is 10.1. The van der Waals surface area contributed by atoms with Crippen LogP contribution in [0.15, 0.2) is 12.4 Å². The summed E-state index contributed by atoms with van der Waals surface area (Å²) in [4.78, 5) is 23.0. The Balaban J connectivity index is 2.72. The van der Waals surface area contributed by atoms with Gasteiger partial charge in [-0.05, 0) is 0 Å². The first-order chi connectivity index (χ1) is 7.54. The third kappa shape index (κ3) is 3.08. The molecule has 0 saturated heterocycles. The average Bonchev–Trinajstić information content (AvgIpc) is 2.28. The van der Waals surface area contributed by atoms with Crippen LogP contribution < -0.4 is 10.2 Å². The average molecular weight is 223 g/mol. The quantitative estimate of drug-likeness (QED) is 0.781. The summed E-state index contributed by atoms with van der Waals surface area (Å²) < 4.78 is 0. The Morgan fingerprint density at radius 2 is 2.06 bits per heavy atom. The Morgan fingerprint density at radius 1 is 1.38 bits per heavy atom. The molecule has 88 valence electrons. The maximum absolute atomic E-state index is 11.5. The highest BCUT2D eigenvalue weighted by Gasteiger charge is 2.10. The highest BCUT2D eigenvalue weighted by Crippen LogP contribution is 2.11. The first-order valence-electron chi connectivity index (χ1n) is 4.95. The number of anilines is 2. The van der Waals surface area contributed by atoms with E-state index in [9.17, 15) is 4.79 Å². The molecule has 6 heteroatoms. The second-order valence-electron chi connectivity index (χ2n) is 3.66. The van der Waals surface area contributed by atoms with Crippen LogP contribution in [0, 0.1) is 0 Å². The monoisotopic (exact) mass is 223 g/mol. The summed E-state index contributed by atoms with van der Waals surface area (Å²) in [5, 5.41) is 2.93. The van der Waals surface area contributed by atoms with Crippen molar-refractivity contribution in [1.82, 2.24) is 14.9 Å². The van der Waals surface area contributed by atoms with Crippen molar-refractivity contribution < 1.29 is 4.79 Å². The van der Waals surface area contributed by atoms with Crippen molar-refractivity contribution in [3.8, 4) is 0 Å². The highest BCUT2D eigenvalue weighted by molar-refractivity contribution is 5.80. The predicted molar refractivity (Wildman–Crippen MR) is 63.5 cm³/mol. The smallest absolute Gasteiger partial charge is 0.241 e. The van der Waals surface area contributed by atoms with Crippen molar-refractivity contribution >= 4 is 17.5 Å². The zero-order valence-electron chi connectivity index (χ0n) is 10.1. The van der Waals surface area contributed by atoms with E-state index in [4.69, 9.17) is 0 Å². The van der Waals surface area contributed by atoms with Crippen LogP contribution >= 0.6 is 0 Å². The molecule has 6 nitrogen and oxygen atoms in total. The molecule has 0 saturated carbocycles. The second kappa shape index (κ2) is 5.29. The Morgan fingerprint density at radius 3 is 2.62 bits per heavy atom. The van der Waals surface area contributed by atoms with E-state index in [-0.39, 0.29) is 5.91 Å². The lowest BCUT2D eigenvalue weighted by Gasteiger charge is -2.20. The van der Waals surface area contributed by atoms with Crippen LogP contribution in [0.4, 0.5) is 11.6 Å². The minimum absolute atomic E-state index is 0.0344. The van der Waals surface area contributed by atoms with E-state index in [1.807, 2.05) is 7.05 Å². The molecule has 1 aromatic rings. The topological polar surface area (TPSA) is 61.4 Å². The normalized spacial score (nSPS) is 9.75. The molecule has 1 heterocycles. The van der Waals surface area contributed by atoms with Gasteiger partial charge in [-0.1, -0.05) is 0 Å². The van der Waals surface area contributed by atoms with Gasteiger partial charge in [0, 0.05) is 34.3 Å². The van der Waals surface area contributed by atoms with E-state index in [1.54, 1.807) is 37.0 Å². The van der Waals surface area contributed by atoms with Crippen LogP contribution in [0.1, 0.15) is 0 Å². The molecule has 0 spiro atoms. The largest absolute Gasteiger partial charge is 0.373 e. The predicted octanol–water partition coefficient (Wildman–Crippen LogP) is 0.0427. The highest BCUT2D eigenvalue weighted by atomic mass is 16.2. The summed E-state index contributed by atoms with van der Waals surface area (Å²) in [6.45, 7) is 0.299. The first kappa shape index (κ1) is 12.2. The molecule has 0 bridgehead atoms. The van der Waals surface area contributed by atoms with Crippen molar-refractivity contribution in [2.75, 3.05) is 45.0 Å². The summed E-state index contributed by atoms with van der Waals surface area (Å²) in [6.07, 6.45) is 1.47. The molecule has 16 heavy (non-hydrogen) atoms. The Kier molecular flexibility index (Phi) is 4.04. The number of nitrogens with zero attached hydrogens (tertiary/aromatic N) is 4. The van der Waals surface area contributed by atoms with E-state index in [0.29, 0.717) is 6.54 Å². The van der Waals surface area contributed by atoms with Gasteiger partial charge in [-0.15, -0.1) is 0 Å². The number of carbonyl (C=O) groups is 1. The Bertz CT molecular complexity index is 366. The standard InChI is InChI=1S/C10H17N5O/c1-11-8-5-9(13-7-12-8)15(4)6-10(16)14(2)3/h5,7H,6H2,1-4H3,(H,11,12,13). The van der Waals surface area contributed by atoms with Gasteiger partial charge in [0.25, 0.3) is 0 Å². The van der Waals surface area contributed by atoms with Crippen LogP contribution in [-0.4, -0.2) is 55.5 Å². The molecule has 0 unspecified atom stereocenters. The lowest BCUT2D eigenvalue weighted by molar-refractivity contribution is -0.127. The van der Waals surface area contributed by atoms with Gasteiger partial charge in [-0.3, -0.25) is 4.79 Å². The van der Waals surface area contributed by atoms with Gasteiger partial charge in [-0.2, -0.15) is 0 Å². The minimum Gasteiger partial charge on any atom is -0.373 e. The molecule has 0 aliphatic rings. The van der Waals surface area contributed by atoms with Crippen molar-refractivity contribution in [1.29, 1.82) is 0 Å². The van der Waals surface area contributed by atoms with Gasteiger partial charge >= 0.3 is 0 Å². The summed E-state index contributed by atoms with van der Waals surface area (Å²) in [6, 6.07) is 1.79. The fourth-order valence-electron chi connectivity index (χ4n) is 1.12. The van der Waals surface area contributed by atoms with Gasteiger partial charge in [0.2, 0.25) is 5.91 Å². The van der Waals surface area contributed by atoms with Crippen LogP contribution in [0.5, 0.6) is 0 Å². The van der Waals surface area contributed by atoms with Gasteiger partial charge in [0.15, 0.2) is 0 Å². The number of amides is 1. The second-order valence-corrected chi connectivity index (χ2v) is 3.66. The van der Waals surface area contributed by atoms with E-state index < -0.39 is 0 Å². The molecule has 1 N–H and O–H groups in total. The first-order valence-corrected chi connectivity index (χ1v) is 4.95. The third-order valence-electron chi connectivity index (χ3n) is 2.17. The maximum Gasteiger partial charge on any atom is 0.241 e. The van der Waals surface area contributed by atoms with E-state index in [1.165, 1.54) is 6.33 Å². The van der Waals surface area contributed by atoms with Gasteiger partial charge in [-0.25, -0.2) is 9.97 Å². The summed E-state index contributed by atoms with van der Waals surface area (Å²) in [5.74, 6) is 1.48. The van der Waals surface area contributed by atoms with Gasteiger partial charge in [0.1, 0.15) is 18.0 Å². The molecule has 0 aliphatic heterocycles. The van der Waals surface area contributed by atoms with E-state index in [2.05, 4.69) is 15.3 Å². The summed E-state index contributed by atoms with van der Waals surface area (Å²) in [5.41, 5.74) is 0. The maximum atomic E-state index is 11.5. The SMILES string of the molecule is CNc1cc(N(C)CC(=O)N(C)C)ncn1. The van der Waals surface area contributed by atoms with E-state index in [0.717, 1.165) is 11.6 Å². The van der Waals surface area contributed by atoms with Gasteiger partial charge < -0.3 is 15.1 Å². The molecule has 0 aliphatic carbocycles. The van der Waals surface area contributed by atoms with Crippen LogP contribution in [-0.2, 0) is 4.79 Å². The van der Waals surface area contributed by atoms with Crippen molar-refractivity contribution in [2.24, 2.45) is 0 Å². The van der Waals surface area contributed by atoms with Crippen molar-refractivity contribution in [2.45, 2.75) is 0 Å². The molecule has 1 aromatic heterocycles. The number of rotatable bonds is 4. The van der Waals surface area contributed by atoms with E-state index >= 15 is 0 Å². The lowest BCUT2D eigenvalue weighted by Crippen LogP contribution is -2.34. The molecule has 0 fully saturated rings. The minimum atomic E-state index is 0.0344. The van der Waals surface area contributed by atoms with Crippen molar-refractivity contribution in [3.05, 3.63) is 12.4 Å². The summed E-state index contributed by atoms with van der Waals surface area (Å²) in [7, 11) is 7.07. The number of likely N-dealkylation sites (N-methyl/N-ethyl adjacent to an activating group) is 2. The van der Waals surface area contributed by atoms with Crippen molar-refractivity contribution in [3.63, 3.8) is 0 Å². The Labute approximate surface area is 95.3 Å². The molecule has 0 atom stereocenters. The zero-order chi connectivity index (χ0) is 12.1. The lowest BCUT2D eigenvalue weighted by atomic mass is 10.4. The number of hydrogen-bond acceptors (Lipinski definition) is 5. The molecular weight excluding hydrogens is 206 g/mol.